The number of nitrogens with two attached hydrogens (primary N) is 1. The first-order valence-corrected chi connectivity index (χ1v) is 7.97. The molecule has 1 fully saturated rings. The summed E-state index contributed by atoms with van der Waals surface area (Å²) in [5, 5.41) is 0. The molecule has 1 aromatic carbocycles. The summed E-state index contributed by atoms with van der Waals surface area (Å²) >= 11 is 3.63. The normalized spacial score (nSPS) is 27.3. The maximum absolute atomic E-state index is 6.61. The van der Waals surface area contributed by atoms with Gasteiger partial charge in [0.25, 0.3) is 0 Å². The van der Waals surface area contributed by atoms with Crippen LogP contribution in [0.25, 0.3) is 0 Å². The fourth-order valence-electron chi connectivity index (χ4n) is 3.03. The maximum atomic E-state index is 6.61. The van der Waals surface area contributed by atoms with E-state index < -0.39 is 0 Å². The highest BCUT2D eigenvalue weighted by atomic mass is 79.9. The zero-order chi connectivity index (χ0) is 13.9. The number of hydrogen-bond acceptors (Lipinski definition) is 2. The van der Waals surface area contributed by atoms with Crippen molar-refractivity contribution in [3.8, 4) is 5.75 Å². The third kappa shape index (κ3) is 3.73. The highest BCUT2D eigenvalue weighted by Gasteiger charge is 2.31. The van der Waals surface area contributed by atoms with Gasteiger partial charge >= 0.3 is 0 Å². The van der Waals surface area contributed by atoms with Crippen molar-refractivity contribution in [3.05, 3.63) is 28.2 Å². The Labute approximate surface area is 124 Å². The number of benzene rings is 1. The SMILES string of the molecule is CCC1CCC(N)(Cc2cc(OC)ccc2Br)CC1. The van der Waals surface area contributed by atoms with Gasteiger partial charge in [-0.15, -0.1) is 0 Å². The first kappa shape index (κ1) is 14.9. The van der Waals surface area contributed by atoms with Gasteiger partial charge in [0.2, 0.25) is 0 Å². The Morgan fingerprint density at radius 1 is 1.37 bits per heavy atom. The standard InChI is InChI=1S/C16H24BrNO/c1-3-12-6-8-16(18,9-7-12)11-13-10-14(19-2)4-5-15(13)17/h4-5,10,12H,3,6-9,11,18H2,1-2H3. The van der Waals surface area contributed by atoms with Crippen LogP contribution in [0.3, 0.4) is 0 Å². The van der Waals surface area contributed by atoms with E-state index in [0.29, 0.717) is 0 Å². The molecular weight excluding hydrogens is 302 g/mol. The van der Waals surface area contributed by atoms with E-state index >= 15 is 0 Å². The van der Waals surface area contributed by atoms with Crippen molar-refractivity contribution in [2.45, 2.75) is 51.0 Å². The molecule has 2 nitrogen and oxygen atoms in total. The van der Waals surface area contributed by atoms with Gasteiger partial charge in [0.05, 0.1) is 7.11 Å². The molecule has 0 aliphatic heterocycles. The van der Waals surface area contributed by atoms with Crippen molar-refractivity contribution in [1.82, 2.24) is 0 Å². The van der Waals surface area contributed by atoms with Gasteiger partial charge in [-0.1, -0.05) is 29.3 Å². The summed E-state index contributed by atoms with van der Waals surface area (Å²) < 4.78 is 6.44. The molecule has 3 heteroatoms. The largest absolute Gasteiger partial charge is 0.497 e. The third-order valence-corrected chi connectivity index (χ3v) is 5.25. The second-order valence-corrected chi connectivity index (χ2v) is 6.70. The van der Waals surface area contributed by atoms with Gasteiger partial charge in [0.1, 0.15) is 5.75 Å². The van der Waals surface area contributed by atoms with Crippen molar-refractivity contribution in [2.24, 2.45) is 11.7 Å². The fourth-order valence-corrected chi connectivity index (χ4v) is 3.42. The zero-order valence-electron chi connectivity index (χ0n) is 11.9. The van der Waals surface area contributed by atoms with Gasteiger partial charge in [-0.2, -0.15) is 0 Å². The Bertz CT molecular complexity index is 425. The lowest BCUT2D eigenvalue weighted by atomic mass is 9.73. The molecule has 0 spiro atoms. The van der Waals surface area contributed by atoms with Crippen LogP contribution in [0, 0.1) is 5.92 Å². The molecule has 106 valence electrons. The second kappa shape index (κ2) is 6.27. The Kier molecular flexibility index (Phi) is 4.91. The van der Waals surface area contributed by atoms with E-state index in [2.05, 4.69) is 35.0 Å². The maximum Gasteiger partial charge on any atom is 0.119 e. The van der Waals surface area contributed by atoms with Crippen LogP contribution < -0.4 is 10.5 Å². The van der Waals surface area contributed by atoms with Gasteiger partial charge in [-0.3, -0.25) is 0 Å². The van der Waals surface area contributed by atoms with E-state index in [4.69, 9.17) is 10.5 Å². The molecule has 1 saturated carbocycles. The van der Waals surface area contributed by atoms with E-state index in [1.807, 2.05) is 6.07 Å². The van der Waals surface area contributed by atoms with Crippen LogP contribution in [0.5, 0.6) is 5.75 Å². The summed E-state index contributed by atoms with van der Waals surface area (Å²) in [7, 11) is 1.71. The van der Waals surface area contributed by atoms with Crippen LogP contribution in [0.2, 0.25) is 0 Å². The minimum absolute atomic E-state index is 0.0411. The van der Waals surface area contributed by atoms with Crippen molar-refractivity contribution >= 4 is 15.9 Å². The first-order chi connectivity index (χ1) is 9.06. The van der Waals surface area contributed by atoms with E-state index in [-0.39, 0.29) is 5.54 Å². The highest BCUT2D eigenvalue weighted by molar-refractivity contribution is 9.10. The Morgan fingerprint density at radius 3 is 2.63 bits per heavy atom. The van der Waals surface area contributed by atoms with E-state index in [9.17, 15) is 0 Å². The average Bonchev–Trinajstić information content (AvgIpc) is 2.42. The highest BCUT2D eigenvalue weighted by Crippen LogP contribution is 2.36. The lowest BCUT2D eigenvalue weighted by Crippen LogP contribution is -2.45. The molecule has 2 rings (SSSR count). The monoisotopic (exact) mass is 325 g/mol. The van der Waals surface area contributed by atoms with Crippen molar-refractivity contribution in [3.63, 3.8) is 0 Å². The molecule has 2 N–H and O–H groups in total. The average molecular weight is 326 g/mol. The predicted octanol–water partition coefficient (Wildman–Crippen LogP) is 4.30. The third-order valence-electron chi connectivity index (χ3n) is 4.47. The summed E-state index contributed by atoms with van der Waals surface area (Å²) in [6.07, 6.45) is 7.04. The zero-order valence-corrected chi connectivity index (χ0v) is 13.5. The summed E-state index contributed by atoms with van der Waals surface area (Å²) in [5.74, 6) is 1.79. The minimum Gasteiger partial charge on any atom is -0.497 e. The second-order valence-electron chi connectivity index (χ2n) is 5.85. The molecule has 19 heavy (non-hydrogen) atoms. The number of hydrogen-bond donors (Lipinski definition) is 1. The summed E-state index contributed by atoms with van der Waals surface area (Å²) in [6.45, 7) is 2.28. The Morgan fingerprint density at radius 2 is 2.05 bits per heavy atom. The molecule has 1 aliphatic rings. The van der Waals surface area contributed by atoms with E-state index in [1.54, 1.807) is 7.11 Å². The summed E-state index contributed by atoms with van der Waals surface area (Å²) in [5.41, 5.74) is 7.83. The lowest BCUT2D eigenvalue weighted by molar-refractivity contribution is 0.228. The molecule has 0 saturated heterocycles. The van der Waals surface area contributed by atoms with Crippen LogP contribution >= 0.6 is 15.9 Å². The predicted molar refractivity (Wildman–Crippen MR) is 83.6 cm³/mol. The smallest absolute Gasteiger partial charge is 0.119 e. The van der Waals surface area contributed by atoms with Gasteiger partial charge in [-0.05, 0) is 61.8 Å². The number of ether oxygens (including phenoxy) is 1. The fraction of sp³-hybridized carbons (Fsp3) is 0.625. The van der Waals surface area contributed by atoms with Crippen LogP contribution in [0.15, 0.2) is 22.7 Å². The topological polar surface area (TPSA) is 35.2 Å². The Balaban J connectivity index is 2.08. The van der Waals surface area contributed by atoms with Gasteiger partial charge in [0.15, 0.2) is 0 Å². The first-order valence-electron chi connectivity index (χ1n) is 7.17. The molecule has 0 aromatic heterocycles. The van der Waals surface area contributed by atoms with Gasteiger partial charge in [0, 0.05) is 10.0 Å². The minimum atomic E-state index is -0.0411. The van der Waals surface area contributed by atoms with Crippen LogP contribution in [0.1, 0.15) is 44.6 Å². The Hall–Kier alpha value is -0.540. The molecule has 0 radical (unpaired) electrons. The van der Waals surface area contributed by atoms with Crippen LogP contribution in [0.4, 0.5) is 0 Å². The molecule has 1 aromatic rings. The lowest BCUT2D eigenvalue weighted by Gasteiger charge is -2.37. The molecular formula is C16H24BrNO. The molecule has 0 bridgehead atoms. The molecule has 0 atom stereocenters. The van der Waals surface area contributed by atoms with E-state index in [1.165, 1.54) is 24.8 Å². The van der Waals surface area contributed by atoms with Crippen LogP contribution in [-0.2, 0) is 6.42 Å². The number of methoxy groups -OCH3 is 1. The summed E-state index contributed by atoms with van der Waals surface area (Å²) in [4.78, 5) is 0. The molecule has 1 aliphatic carbocycles. The van der Waals surface area contributed by atoms with E-state index in [0.717, 1.165) is 35.4 Å². The summed E-state index contributed by atoms with van der Waals surface area (Å²) in [6, 6.07) is 6.13. The molecule has 0 amide bonds. The number of rotatable bonds is 4. The quantitative estimate of drug-likeness (QED) is 0.895. The van der Waals surface area contributed by atoms with Crippen LogP contribution in [-0.4, -0.2) is 12.6 Å². The van der Waals surface area contributed by atoms with Crippen molar-refractivity contribution < 1.29 is 4.74 Å². The molecule has 0 heterocycles. The molecule has 0 unspecified atom stereocenters. The van der Waals surface area contributed by atoms with Gasteiger partial charge in [-0.25, -0.2) is 0 Å². The number of halogens is 1. The van der Waals surface area contributed by atoms with Crippen molar-refractivity contribution in [2.75, 3.05) is 7.11 Å². The van der Waals surface area contributed by atoms with Crippen molar-refractivity contribution in [1.29, 1.82) is 0 Å². The van der Waals surface area contributed by atoms with Gasteiger partial charge < -0.3 is 10.5 Å².